The van der Waals surface area contributed by atoms with Crippen LogP contribution in [0.15, 0.2) is 0 Å². The molecule has 5 fully saturated rings. The average molecular weight is 445 g/mol. The van der Waals surface area contributed by atoms with Crippen LogP contribution in [0.2, 0.25) is 0 Å². The molecule has 180 valence electrons. The van der Waals surface area contributed by atoms with Crippen molar-refractivity contribution < 1.29 is 38.6 Å². The molecule has 2 bridgehead atoms. The van der Waals surface area contributed by atoms with E-state index in [1.165, 1.54) is 6.42 Å². The standard InChI is InChI=1S/C23H40O8/c1-16-4-5-19-17(2)20(7-10-25-12-14-27-15-13-26-11-9-24)28-21-23(19)18(16)6-8-22(3,29-21)30-31-23/h16-21,24H,4-15H2,1-3H3/t16-,17-,18?,19?,20-,21-,22?,23-/m1/s1. The van der Waals surface area contributed by atoms with E-state index in [-0.39, 0.29) is 19.0 Å². The second kappa shape index (κ2) is 10.3. The number of aliphatic hydroxyl groups is 1. The lowest BCUT2D eigenvalue weighted by Crippen LogP contribution is -2.70. The molecule has 4 saturated heterocycles. The van der Waals surface area contributed by atoms with Crippen LogP contribution in [0.4, 0.5) is 0 Å². The molecule has 0 radical (unpaired) electrons. The number of hydrogen-bond donors (Lipinski definition) is 1. The summed E-state index contributed by atoms with van der Waals surface area (Å²) in [5.41, 5.74) is -0.490. The largest absolute Gasteiger partial charge is 0.394 e. The van der Waals surface area contributed by atoms with Gasteiger partial charge in [-0.25, -0.2) is 9.78 Å². The van der Waals surface area contributed by atoms with Gasteiger partial charge in [-0.15, -0.1) is 0 Å². The first-order valence-corrected chi connectivity index (χ1v) is 12.0. The third kappa shape index (κ3) is 4.82. The Morgan fingerprint density at radius 3 is 2.32 bits per heavy atom. The molecular formula is C23H40O8. The third-order valence-electron chi connectivity index (χ3n) is 7.82. The molecule has 0 amide bonds. The van der Waals surface area contributed by atoms with Crippen molar-refractivity contribution in [2.24, 2.45) is 23.7 Å². The molecule has 8 heteroatoms. The van der Waals surface area contributed by atoms with Gasteiger partial charge < -0.3 is 28.8 Å². The van der Waals surface area contributed by atoms with E-state index in [1.54, 1.807) is 0 Å². The molecule has 5 aliphatic rings. The minimum Gasteiger partial charge on any atom is -0.394 e. The molecule has 3 unspecified atom stereocenters. The summed E-state index contributed by atoms with van der Waals surface area (Å²) in [6, 6.07) is 0. The summed E-state index contributed by atoms with van der Waals surface area (Å²) < 4.78 is 29.4. The Morgan fingerprint density at radius 1 is 0.871 bits per heavy atom. The number of rotatable bonds is 11. The van der Waals surface area contributed by atoms with E-state index in [4.69, 9.17) is 38.6 Å². The van der Waals surface area contributed by atoms with Crippen molar-refractivity contribution >= 4 is 0 Å². The lowest BCUT2D eigenvalue weighted by Gasteiger charge is -2.60. The lowest BCUT2D eigenvalue weighted by atomic mass is 9.57. The van der Waals surface area contributed by atoms with Crippen molar-refractivity contribution in [3.63, 3.8) is 0 Å². The molecule has 1 spiro atoms. The van der Waals surface area contributed by atoms with Crippen molar-refractivity contribution in [1.29, 1.82) is 0 Å². The number of aliphatic hydroxyl groups excluding tert-OH is 1. The maximum absolute atomic E-state index is 8.66. The molecule has 1 N–H and O–H groups in total. The van der Waals surface area contributed by atoms with Gasteiger partial charge in [0.1, 0.15) is 0 Å². The first-order chi connectivity index (χ1) is 15.0. The second-order valence-corrected chi connectivity index (χ2v) is 9.79. The van der Waals surface area contributed by atoms with Crippen molar-refractivity contribution in [3.05, 3.63) is 0 Å². The van der Waals surface area contributed by atoms with Crippen molar-refractivity contribution in [3.8, 4) is 0 Å². The minimum atomic E-state index is -0.725. The monoisotopic (exact) mass is 444 g/mol. The predicted molar refractivity (Wildman–Crippen MR) is 111 cm³/mol. The summed E-state index contributed by atoms with van der Waals surface area (Å²) in [6.45, 7) is 9.67. The van der Waals surface area contributed by atoms with Crippen LogP contribution in [0.25, 0.3) is 0 Å². The van der Waals surface area contributed by atoms with E-state index in [0.717, 1.165) is 25.7 Å². The van der Waals surface area contributed by atoms with Gasteiger partial charge in [0.25, 0.3) is 0 Å². The van der Waals surface area contributed by atoms with Crippen LogP contribution >= 0.6 is 0 Å². The van der Waals surface area contributed by atoms with Crippen LogP contribution in [-0.2, 0) is 33.5 Å². The maximum Gasteiger partial charge on any atom is 0.201 e. The molecule has 4 heterocycles. The van der Waals surface area contributed by atoms with Crippen molar-refractivity contribution in [2.45, 2.75) is 76.7 Å². The van der Waals surface area contributed by atoms with Crippen LogP contribution in [0.3, 0.4) is 0 Å². The predicted octanol–water partition coefficient (Wildman–Crippen LogP) is 2.67. The van der Waals surface area contributed by atoms with Crippen molar-refractivity contribution in [1.82, 2.24) is 0 Å². The normalized spacial score (nSPS) is 44.1. The van der Waals surface area contributed by atoms with E-state index in [0.29, 0.717) is 63.3 Å². The van der Waals surface area contributed by atoms with Gasteiger partial charge >= 0.3 is 0 Å². The highest BCUT2D eigenvalue weighted by Crippen LogP contribution is 2.60. The molecule has 31 heavy (non-hydrogen) atoms. The van der Waals surface area contributed by atoms with Crippen LogP contribution in [0.5, 0.6) is 0 Å². The summed E-state index contributed by atoms with van der Waals surface area (Å²) in [5.74, 6) is 0.971. The Hall–Kier alpha value is -0.320. The molecule has 1 saturated carbocycles. The molecule has 1 aliphatic carbocycles. The number of hydrogen-bond acceptors (Lipinski definition) is 8. The molecule has 0 aromatic rings. The molecule has 4 aliphatic heterocycles. The van der Waals surface area contributed by atoms with Crippen molar-refractivity contribution in [2.75, 3.05) is 46.2 Å². The third-order valence-corrected chi connectivity index (χ3v) is 7.82. The second-order valence-electron chi connectivity index (χ2n) is 9.79. The summed E-state index contributed by atoms with van der Waals surface area (Å²) >= 11 is 0. The zero-order valence-corrected chi connectivity index (χ0v) is 19.3. The van der Waals surface area contributed by atoms with Gasteiger partial charge in [0.2, 0.25) is 5.79 Å². The topological polar surface area (TPSA) is 84.8 Å². The number of ether oxygens (including phenoxy) is 5. The van der Waals surface area contributed by atoms with Gasteiger partial charge in [-0.1, -0.05) is 13.8 Å². The SMILES string of the molecule is C[C@@H]1CCC2[C@@H](C)[C@@H](CCOCCOCCOCCO)O[C@@H]3OC4(C)CCC1[C@@]23OO4. The molecule has 8 nitrogen and oxygen atoms in total. The van der Waals surface area contributed by atoms with Crippen LogP contribution in [0.1, 0.15) is 52.9 Å². The lowest BCUT2D eigenvalue weighted by molar-refractivity contribution is -0.571. The maximum atomic E-state index is 8.66. The zero-order chi connectivity index (χ0) is 21.9. The van der Waals surface area contributed by atoms with Gasteiger partial charge in [0.15, 0.2) is 11.9 Å². The van der Waals surface area contributed by atoms with E-state index < -0.39 is 11.4 Å². The van der Waals surface area contributed by atoms with Crippen LogP contribution < -0.4 is 0 Å². The Bertz CT molecular complexity index is 576. The van der Waals surface area contributed by atoms with E-state index >= 15 is 0 Å². The minimum absolute atomic E-state index is 0.0384. The Balaban J connectivity index is 1.27. The van der Waals surface area contributed by atoms with Gasteiger partial charge in [0.05, 0.1) is 45.7 Å². The summed E-state index contributed by atoms with van der Waals surface area (Å²) in [5, 5.41) is 8.66. The molecule has 0 aromatic carbocycles. The van der Waals surface area contributed by atoms with Gasteiger partial charge in [-0.2, -0.15) is 0 Å². The Labute approximate surface area is 185 Å². The summed E-state index contributed by atoms with van der Waals surface area (Å²) in [7, 11) is 0. The van der Waals surface area contributed by atoms with Gasteiger partial charge in [-0.05, 0) is 50.4 Å². The highest BCUT2D eigenvalue weighted by atomic mass is 17.3. The zero-order valence-electron chi connectivity index (χ0n) is 19.3. The molecule has 0 aromatic heterocycles. The first-order valence-electron chi connectivity index (χ1n) is 12.0. The quantitative estimate of drug-likeness (QED) is 0.385. The Kier molecular flexibility index (Phi) is 7.92. The van der Waals surface area contributed by atoms with Crippen LogP contribution in [0, 0.1) is 23.7 Å². The van der Waals surface area contributed by atoms with Gasteiger partial charge in [0, 0.05) is 18.9 Å². The molecular weight excluding hydrogens is 404 g/mol. The van der Waals surface area contributed by atoms with Crippen LogP contribution in [-0.4, -0.2) is 75.1 Å². The fourth-order valence-corrected chi connectivity index (χ4v) is 6.11. The number of fused-ring (bicyclic) bond motifs is 2. The fraction of sp³-hybridized carbons (Fsp3) is 1.00. The van der Waals surface area contributed by atoms with E-state index in [1.807, 2.05) is 6.92 Å². The molecule has 8 atom stereocenters. The summed E-state index contributed by atoms with van der Waals surface area (Å²) in [6.07, 6.45) is 4.75. The average Bonchev–Trinajstić information content (AvgIpc) is 2.99. The summed E-state index contributed by atoms with van der Waals surface area (Å²) in [4.78, 5) is 12.1. The fourth-order valence-electron chi connectivity index (χ4n) is 6.11. The highest BCUT2D eigenvalue weighted by Gasteiger charge is 2.69. The molecule has 5 rings (SSSR count). The van der Waals surface area contributed by atoms with E-state index in [2.05, 4.69) is 13.8 Å². The van der Waals surface area contributed by atoms with E-state index in [9.17, 15) is 0 Å². The smallest absolute Gasteiger partial charge is 0.201 e. The highest BCUT2D eigenvalue weighted by molar-refractivity contribution is 5.09. The van der Waals surface area contributed by atoms with Gasteiger partial charge in [-0.3, -0.25) is 0 Å². The Morgan fingerprint density at radius 2 is 1.58 bits per heavy atom. The first kappa shape index (κ1) is 23.8.